The van der Waals surface area contributed by atoms with E-state index >= 15 is 0 Å². The minimum atomic E-state index is -0.0801. The van der Waals surface area contributed by atoms with Crippen LogP contribution in [0.15, 0.2) is 24.3 Å². The third kappa shape index (κ3) is 4.84. The van der Waals surface area contributed by atoms with E-state index in [1.807, 2.05) is 18.2 Å². The predicted octanol–water partition coefficient (Wildman–Crippen LogP) is 3.54. The molecule has 1 aliphatic carbocycles. The third-order valence-electron chi connectivity index (χ3n) is 4.59. The van der Waals surface area contributed by atoms with E-state index in [9.17, 15) is 5.11 Å². The fraction of sp³-hybridized carbons (Fsp3) is 0.611. The Labute approximate surface area is 128 Å². The van der Waals surface area contributed by atoms with Gasteiger partial charge in [0.2, 0.25) is 0 Å². The van der Waals surface area contributed by atoms with Gasteiger partial charge in [-0.15, -0.1) is 0 Å². The van der Waals surface area contributed by atoms with E-state index in [4.69, 9.17) is 5.26 Å². The van der Waals surface area contributed by atoms with E-state index in [1.165, 1.54) is 19.3 Å². The Morgan fingerprint density at radius 1 is 1.38 bits per heavy atom. The van der Waals surface area contributed by atoms with Crippen LogP contribution >= 0.6 is 0 Å². The van der Waals surface area contributed by atoms with Crippen molar-refractivity contribution in [1.82, 2.24) is 5.32 Å². The second-order valence-electron chi connectivity index (χ2n) is 6.17. The first kappa shape index (κ1) is 16.0. The molecule has 3 heteroatoms. The van der Waals surface area contributed by atoms with Crippen LogP contribution in [0.2, 0.25) is 0 Å². The Morgan fingerprint density at radius 3 is 2.95 bits per heavy atom. The Balaban J connectivity index is 1.71. The number of nitrogens with one attached hydrogen (secondary N) is 1. The fourth-order valence-electron chi connectivity index (χ4n) is 3.20. The van der Waals surface area contributed by atoms with Crippen LogP contribution in [0, 0.1) is 17.2 Å². The van der Waals surface area contributed by atoms with Gasteiger partial charge in [0, 0.05) is 6.04 Å². The number of rotatable bonds is 6. The lowest BCUT2D eigenvalue weighted by Crippen LogP contribution is -2.26. The number of hydrogen-bond donors (Lipinski definition) is 2. The number of aliphatic hydroxyl groups excluding tert-OH is 1. The minimum absolute atomic E-state index is 0.0801. The number of aliphatic hydroxyl groups is 1. The number of nitrogens with zero attached hydrogens (tertiary/aromatic N) is 1. The van der Waals surface area contributed by atoms with Crippen LogP contribution in [0.4, 0.5) is 0 Å². The standard InChI is InChI=1S/C18H26N2O/c1-14(17-8-4-6-15(12-17)13-19)20-11-5-9-16-7-2-3-10-18(16)21/h4,6,8,12,14,16,18,20-21H,2-3,5,7,9-11H2,1H3. The highest BCUT2D eigenvalue weighted by Gasteiger charge is 2.22. The maximum atomic E-state index is 9.96. The molecule has 0 saturated heterocycles. The lowest BCUT2D eigenvalue weighted by atomic mass is 9.83. The van der Waals surface area contributed by atoms with E-state index in [-0.39, 0.29) is 12.1 Å². The first-order valence-electron chi connectivity index (χ1n) is 8.12. The Kier molecular flexibility index (Phi) is 6.22. The van der Waals surface area contributed by atoms with Gasteiger partial charge in [0.15, 0.2) is 0 Å². The molecule has 2 N–H and O–H groups in total. The lowest BCUT2D eigenvalue weighted by molar-refractivity contribution is 0.0642. The van der Waals surface area contributed by atoms with Gasteiger partial charge in [0.05, 0.1) is 17.7 Å². The molecule has 3 atom stereocenters. The molecule has 2 rings (SSSR count). The lowest BCUT2D eigenvalue weighted by Gasteiger charge is -2.27. The second-order valence-corrected chi connectivity index (χ2v) is 6.17. The molecular weight excluding hydrogens is 260 g/mol. The SMILES string of the molecule is CC(NCCCC1CCCCC1O)c1cccc(C#N)c1. The summed E-state index contributed by atoms with van der Waals surface area (Å²) in [4.78, 5) is 0. The molecule has 0 aromatic heterocycles. The van der Waals surface area contributed by atoms with Crippen molar-refractivity contribution < 1.29 is 5.11 Å². The summed E-state index contributed by atoms with van der Waals surface area (Å²) in [6, 6.07) is 10.2. The molecular formula is C18H26N2O. The van der Waals surface area contributed by atoms with Crippen molar-refractivity contribution >= 4 is 0 Å². The number of nitriles is 1. The van der Waals surface area contributed by atoms with Gasteiger partial charge in [0.25, 0.3) is 0 Å². The number of hydrogen-bond acceptors (Lipinski definition) is 3. The van der Waals surface area contributed by atoms with Gasteiger partial charge in [-0.25, -0.2) is 0 Å². The summed E-state index contributed by atoms with van der Waals surface area (Å²) < 4.78 is 0. The summed E-state index contributed by atoms with van der Waals surface area (Å²) in [6.07, 6.45) is 6.75. The van der Waals surface area contributed by atoms with Crippen molar-refractivity contribution in [3.05, 3.63) is 35.4 Å². The zero-order chi connectivity index (χ0) is 15.1. The van der Waals surface area contributed by atoms with Crippen LogP contribution in [0.25, 0.3) is 0 Å². The molecule has 114 valence electrons. The monoisotopic (exact) mass is 286 g/mol. The average Bonchev–Trinajstić information content (AvgIpc) is 2.53. The molecule has 0 bridgehead atoms. The molecule has 3 nitrogen and oxygen atoms in total. The molecule has 1 fully saturated rings. The van der Waals surface area contributed by atoms with Gasteiger partial charge in [-0.1, -0.05) is 25.0 Å². The Morgan fingerprint density at radius 2 is 2.19 bits per heavy atom. The zero-order valence-electron chi connectivity index (χ0n) is 12.9. The molecule has 1 saturated carbocycles. The van der Waals surface area contributed by atoms with Crippen molar-refractivity contribution in [2.75, 3.05) is 6.54 Å². The number of benzene rings is 1. The molecule has 21 heavy (non-hydrogen) atoms. The van der Waals surface area contributed by atoms with Crippen LogP contribution in [0.1, 0.15) is 62.6 Å². The normalized spacial score (nSPS) is 23.5. The van der Waals surface area contributed by atoms with Gasteiger partial charge in [-0.2, -0.15) is 5.26 Å². The smallest absolute Gasteiger partial charge is 0.0991 e. The quantitative estimate of drug-likeness (QED) is 0.786. The molecule has 0 amide bonds. The molecule has 1 aromatic rings. The van der Waals surface area contributed by atoms with Crippen LogP contribution in [-0.2, 0) is 0 Å². The van der Waals surface area contributed by atoms with Crippen molar-refractivity contribution in [2.45, 2.75) is 57.6 Å². The first-order chi connectivity index (χ1) is 10.2. The highest BCUT2D eigenvalue weighted by Crippen LogP contribution is 2.27. The Hall–Kier alpha value is -1.37. The molecule has 1 aliphatic rings. The van der Waals surface area contributed by atoms with Crippen LogP contribution in [-0.4, -0.2) is 17.8 Å². The molecule has 0 spiro atoms. The molecule has 3 unspecified atom stereocenters. The topological polar surface area (TPSA) is 56.0 Å². The van der Waals surface area contributed by atoms with Crippen molar-refractivity contribution in [3.63, 3.8) is 0 Å². The summed E-state index contributed by atoms with van der Waals surface area (Å²) in [7, 11) is 0. The molecule has 0 radical (unpaired) electrons. The zero-order valence-corrected chi connectivity index (χ0v) is 12.9. The van der Waals surface area contributed by atoms with Crippen LogP contribution < -0.4 is 5.32 Å². The summed E-state index contributed by atoms with van der Waals surface area (Å²) >= 11 is 0. The van der Waals surface area contributed by atoms with E-state index < -0.39 is 0 Å². The van der Waals surface area contributed by atoms with Crippen LogP contribution in [0.5, 0.6) is 0 Å². The fourth-order valence-corrected chi connectivity index (χ4v) is 3.20. The van der Waals surface area contributed by atoms with E-state index in [0.29, 0.717) is 11.5 Å². The van der Waals surface area contributed by atoms with Gasteiger partial charge in [-0.05, 0) is 62.8 Å². The van der Waals surface area contributed by atoms with E-state index in [2.05, 4.69) is 24.4 Å². The Bertz CT molecular complexity index is 480. The van der Waals surface area contributed by atoms with Crippen molar-refractivity contribution in [3.8, 4) is 6.07 Å². The summed E-state index contributed by atoms with van der Waals surface area (Å²) in [5.41, 5.74) is 1.87. The highest BCUT2D eigenvalue weighted by molar-refractivity contribution is 5.33. The maximum absolute atomic E-state index is 9.96. The van der Waals surface area contributed by atoms with Crippen molar-refractivity contribution in [2.24, 2.45) is 5.92 Å². The largest absolute Gasteiger partial charge is 0.393 e. The second kappa shape index (κ2) is 8.17. The van der Waals surface area contributed by atoms with E-state index in [1.54, 1.807) is 0 Å². The first-order valence-corrected chi connectivity index (χ1v) is 8.12. The summed E-state index contributed by atoms with van der Waals surface area (Å²) in [5.74, 6) is 0.498. The van der Waals surface area contributed by atoms with Gasteiger partial charge in [-0.3, -0.25) is 0 Å². The van der Waals surface area contributed by atoms with Gasteiger partial charge < -0.3 is 10.4 Å². The third-order valence-corrected chi connectivity index (χ3v) is 4.59. The predicted molar refractivity (Wildman–Crippen MR) is 84.8 cm³/mol. The summed E-state index contributed by atoms with van der Waals surface area (Å²) in [5, 5.41) is 22.4. The molecule has 0 aliphatic heterocycles. The van der Waals surface area contributed by atoms with Crippen molar-refractivity contribution in [1.29, 1.82) is 5.26 Å². The van der Waals surface area contributed by atoms with E-state index in [0.717, 1.165) is 31.4 Å². The average molecular weight is 286 g/mol. The highest BCUT2D eigenvalue weighted by atomic mass is 16.3. The summed E-state index contributed by atoms with van der Waals surface area (Å²) in [6.45, 7) is 3.09. The maximum Gasteiger partial charge on any atom is 0.0991 e. The minimum Gasteiger partial charge on any atom is -0.393 e. The van der Waals surface area contributed by atoms with Crippen LogP contribution in [0.3, 0.4) is 0 Å². The molecule has 0 heterocycles. The molecule has 1 aromatic carbocycles. The van der Waals surface area contributed by atoms with Gasteiger partial charge in [0.1, 0.15) is 0 Å². The van der Waals surface area contributed by atoms with Gasteiger partial charge >= 0.3 is 0 Å².